The third-order valence-electron chi connectivity index (χ3n) is 2.07. The first-order chi connectivity index (χ1) is 6.95. The Hall–Kier alpha value is -1.89. The molecule has 2 aromatic carbocycles. The molecule has 0 radical (unpaired) electrons. The fraction of sp³-hybridized carbons (Fsp3) is 0. The molecule has 76 valence electrons. The van der Waals surface area contributed by atoms with Gasteiger partial charge in [-0.3, -0.25) is 4.70 Å². The van der Waals surface area contributed by atoms with Crippen molar-refractivity contribution in [3.05, 3.63) is 71.8 Å². The quantitative estimate of drug-likeness (QED) is 0.642. The Morgan fingerprint density at radius 2 is 0.867 bits per heavy atom. The SMILES string of the molecule is C(=Cc1ccccc1)c1ccccc1.F. The fourth-order valence-corrected chi connectivity index (χ4v) is 1.32. The molecule has 0 aliphatic heterocycles. The molecule has 1 heteroatoms. The third-order valence-corrected chi connectivity index (χ3v) is 2.07. The standard InChI is InChI=1S/C14H12.FH/c1-3-7-13(8-4-1)11-12-14-9-5-2-6-10-14;/h1-12H;1H. The van der Waals surface area contributed by atoms with E-state index in [1.165, 1.54) is 11.1 Å². The highest BCUT2D eigenvalue weighted by Gasteiger charge is 1.84. The molecular formula is C14H13F. The third kappa shape index (κ3) is 3.39. The number of hydrogen-bond acceptors (Lipinski definition) is 0. The predicted molar refractivity (Wildman–Crippen MR) is 64.3 cm³/mol. The van der Waals surface area contributed by atoms with Gasteiger partial charge in [0.25, 0.3) is 0 Å². The van der Waals surface area contributed by atoms with Gasteiger partial charge >= 0.3 is 0 Å². The monoisotopic (exact) mass is 200 g/mol. The molecule has 0 amide bonds. The van der Waals surface area contributed by atoms with E-state index in [1.807, 2.05) is 36.4 Å². The Morgan fingerprint density at radius 3 is 1.20 bits per heavy atom. The Labute approximate surface area is 89.3 Å². The van der Waals surface area contributed by atoms with Gasteiger partial charge in [0.15, 0.2) is 0 Å². The van der Waals surface area contributed by atoms with Gasteiger partial charge in [-0.2, -0.15) is 0 Å². The van der Waals surface area contributed by atoms with Crippen LogP contribution in [0.4, 0.5) is 4.70 Å². The van der Waals surface area contributed by atoms with E-state index < -0.39 is 0 Å². The summed E-state index contributed by atoms with van der Waals surface area (Å²) in [5.74, 6) is 0. The maximum Gasteiger partial charge on any atom is -0.0256 e. The molecule has 0 N–H and O–H groups in total. The van der Waals surface area contributed by atoms with Gasteiger partial charge in [0.1, 0.15) is 0 Å². The highest BCUT2D eigenvalue weighted by Crippen LogP contribution is 2.06. The summed E-state index contributed by atoms with van der Waals surface area (Å²) in [6.45, 7) is 0. The molecular weight excluding hydrogens is 187 g/mol. The maximum atomic E-state index is 2.12. The van der Waals surface area contributed by atoms with E-state index in [0.717, 1.165) is 0 Å². The normalized spacial score (nSPS) is 9.87. The van der Waals surface area contributed by atoms with Crippen LogP contribution >= 0.6 is 0 Å². The van der Waals surface area contributed by atoms with Crippen LogP contribution in [-0.2, 0) is 0 Å². The topological polar surface area (TPSA) is 0 Å². The average molecular weight is 200 g/mol. The van der Waals surface area contributed by atoms with Gasteiger partial charge in [-0.1, -0.05) is 72.8 Å². The molecule has 0 atom stereocenters. The van der Waals surface area contributed by atoms with E-state index in [9.17, 15) is 0 Å². The molecule has 0 fully saturated rings. The number of rotatable bonds is 2. The number of hydrogen-bond donors (Lipinski definition) is 0. The molecule has 0 bridgehead atoms. The van der Waals surface area contributed by atoms with Crippen LogP contribution in [0, 0.1) is 0 Å². The molecule has 0 heterocycles. The minimum absolute atomic E-state index is 0. The van der Waals surface area contributed by atoms with Gasteiger partial charge < -0.3 is 0 Å². The molecule has 0 saturated carbocycles. The molecule has 15 heavy (non-hydrogen) atoms. The summed E-state index contributed by atoms with van der Waals surface area (Å²) in [5.41, 5.74) is 2.47. The van der Waals surface area contributed by atoms with Crippen LogP contribution in [-0.4, -0.2) is 0 Å². The van der Waals surface area contributed by atoms with Gasteiger partial charge in [0, 0.05) is 0 Å². The van der Waals surface area contributed by atoms with E-state index >= 15 is 0 Å². The van der Waals surface area contributed by atoms with E-state index in [1.54, 1.807) is 0 Å². The summed E-state index contributed by atoms with van der Waals surface area (Å²) >= 11 is 0. The van der Waals surface area contributed by atoms with E-state index in [-0.39, 0.29) is 4.70 Å². The van der Waals surface area contributed by atoms with Crippen LogP contribution in [0.1, 0.15) is 11.1 Å². The molecule has 0 aliphatic rings. The lowest BCUT2D eigenvalue weighted by molar-refractivity contribution is 1.11. The van der Waals surface area contributed by atoms with Crippen LogP contribution in [0.5, 0.6) is 0 Å². The highest BCUT2D eigenvalue weighted by molar-refractivity contribution is 5.69. The molecule has 0 aromatic heterocycles. The summed E-state index contributed by atoms with van der Waals surface area (Å²) in [6.07, 6.45) is 4.24. The molecule has 0 aliphatic carbocycles. The first kappa shape index (κ1) is 11.2. The summed E-state index contributed by atoms with van der Waals surface area (Å²) in [5, 5.41) is 0. The molecule has 0 spiro atoms. The van der Waals surface area contributed by atoms with Gasteiger partial charge in [0.2, 0.25) is 0 Å². The van der Waals surface area contributed by atoms with Crippen molar-refractivity contribution in [1.82, 2.24) is 0 Å². The van der Waals surface area contributed by atoms with Crippen LogP contribution in [0.3, 0.4) is 0 Å². The second-order valence-corrected chi connectivity index (χ2v) is 3.15. The van der Waals surface area contributed by atoms with Crippen molar-refractivity contribution < 1.29 is 4.70 Å². The van der Waals surface area contributed by atoms with E-state index in [2.05, 4.69) is 36.4 Å². The van der Waals surface area contributed by atoms with Crippen molar-refractivity contribution in [3.8, 4) is 0 Å². The van der Waals surface area contributed by atoms with Crippen molar-refractivity contribution in [2.45, 2.75) is 0 Å². The second kappa shape index (κ2) is 5.76. The van der Waals surface area contributed by atoms with Gasteiger partial charge in [-0.25, -0.2) is 0 Å². The molecule has 2 rings (SSSR count). The number of halogens is 1. The van der Waals surface area contributed by atoms with Gasteiger partial charge in [-0.15, -0.1) is 0 Å². The van der Waals surface area contributed by atoms with Crippen molar-refractivity contribution in [1.29, 1.82) is 0 Å². The first-order valence-electron chi connectivity index (χ1n) is 4.73. The van der Waals surface area contributed by atoms with Crippen LogP contribution in [0.2, 0.25) is 0 Å². The zero-order valence-corrected chi connectivity index (χ0v) is 8.34. The lowest BCUT2D eigenvalue weighted by Crippen LogP contribution is -1.70. The van der Waals surface area contributed by atoms with Crippen LogP contribution in [0.15, 0.2) is 60.7 Å². The smallest absolute Gasteiger partial charge is 0.0256 e. The second-order valence-electron chi connectivity index (χ2n) is 3.15. The van der Waals surface area contributed by atoms with E-state index in [4.69, 9.17) is 0 Å². The minimum atomic E-state index is 0. The zero-order chi connectivity index (χ0) is 9.64. The lowest BCUT2D eigenvalue weighted by Gasteiger charge is -1.92. The van der Waals surface area contributed by atoms with Crippen molar-refractivity contribution in [2.75, 3.05) is 0 Å². The minimum Gasteiger partial charge on any atom is -0.269 e. The predicted octanol–water partition coefficient (Wildman–Crippen LogP) is 4.01. The Balaban J connectivity index is 0.00000112. The summed E-state index contributed by atoms with van der Waals surface area (Å²) in [6, 6.07) is 20.6. The highest BCUT2D eigenvalue weighted by atomic mass is 19.0. The molecule has 0 unspecified atom stereocenters. The van der Waals surface area contributed by atoms with Crippen LogP contribution < -0.4 is 0 Å². The molecule has 0 saturated heterocycles. The molecule has 0 nitrogen and oxygen atoms in total. The largest absolute Gasteiger partial charge is 0.269 e. The summed E-state index contributed by atoms with van der Waals surface area (Å²) in [7, 11) is 0. The van der Waals surface area contributed by atoms with Crippen molar-refractivity contribution >= 4 is 12.2 Å². The van der Waals surface area contributed by atoms with Gasteiger partial charge in [0.05, 0.1) is 0 Å². The average Bonchev–Trinajstić information content (AvgIpc) is 2.29. The zero-order valence-electron chi connectivity index (χ0n) is 8.34. The summed E-state index contributed by atoms with van der Waals surface area (Å²) < 4.78 is 0. The van der Waals surface area contributed by atoms with Crippen molar-refractivity contribution in [3.63, 3.8) is 0 Å². The Kier molecular flexibility index (Phi) is 4.30. The fourth-order valence-electron chi connectivity index (χ4n) is 1.32. The van der Waals surface area contributed by atoms with E-state index in [0.29, 0.717) is 0 Å². The Morgan fingerprint density at radius 1 is 0.533 bits per heavy atom. The lowest BCUT2D eigenvalue weighted by atomic mass is 10.1. The van der Waals surface area contributed by atoms with Crippen LogP contribution in [0.25, 0.3) is 12.2 Å². The summed E-state index contributed by atoms with van der Waals surface area (Å²) in [4.78, 5) is 0. The Bertz CT molecular complexity index is 362. The number of benzene rings is 2. The van der Waals surface area contributed by atoms with Gasteiger partial charge in [-0.05, 0) is 11.1 Å². The maximum absolute atomic E-state index is 2.12. The molecule has 2 aromatic rings. The first-order valence-corrected chi connectivity index (χ1v) is 4.73. The van der Waals surface area contributed by atoms with Crippen molar-refractivity contribution in [2.24, 2.45) is 0 Å².